The first-order valence-electron chi connectivity index (χ1n) is 6.93. The molecule has 0 fully saturated rings. The molecule has 1 aromatic heterocycles. The summed E-state index contributed by atoms with van der Waals surface area (Å²) in [6.45, 7) is 0. The van der Waals surface area contributed by atoms with E-state index in [4.69, 9.17) is 10.8 Å². The smallest absolute Gasteiger partial charge is 0.235 e. The van der Waals surface area contributed by atoms with Crippen molar-refractivity contribution in [3.8, 4) is 22.5 Å². The lowest BCUT2D eigenvalue weighted by Crippen LogP contribution is -2.28. The quantitative estimate of drug-likeness (QED) is 0.389. The fourth-order valence-corrected chi connectivity index (χ4v) is 3.32. The summed E-state index contributed by atoms with van der Waals surface area (Å²) in [5.41, 5.74) is 5.73. The average Bonchev–Trinajstić information content (AvgIpc) is 2.85. The summed E-state index contributed by atoms with van der Waals surface area (Å²) in [7, 11) is 0. The first-order chi connectivity index (χ1) is 10.3. The summed E-state index contributed by atoms with van der Waals surface area (Å²) in [5, 5.41) is 2.41. The number of nitrogens with zero attached hydrogens (tertiary/aromatic N) is 2. The molecule has 1 aliphatic carbocycles. The van der Waals surface area contributed by atoms with Crippen LogP contribution in [0.2, 0.25) is 0 Å². The highest BCUT2D eigenvalue weighted by molar-refractivity contribution is 6.13. The lowest BCUT2D eigenvalue weighted by molar-refractivity contribution is -0.565. The Morgan fingerprint density at radius 3 is 2.43 bits per heavy atom. The zero-order valence-electron chi connectivity index (χ0n) is 11.2. The molecular formula is C18H11N3. The number of aromatic nitrogens is 2. The van der Waals surface area contributed by atoms with Gasteiger partial charge >= 0.3 is 0 Å². The second-order valence-electron chi connectivity index (χ2n) is 5.34. The SMILES string of the molecule is [NH-][n+]1c2c(nc3ccccc31)-c1cccc3cccc-2c13. The van der Waals surface area contributed by atoms with E-state index < -0.39 is 0 Å². The second kappa shape index (κ2) is 3.58. The summed E-state index contributed by atoms with van der Waals surface area (Å²) >= 11 is 0. The molecule has 4 aromatic rings. The van der Waals surface area contributed by atoms with Gasteiger partial charge in [-0.25, -0.2) is 9.66 Å². The van der Waals surface area contributed by atoms with Gasteiger partial charge in [0.1, 0.15) is 11.2 Å². The van der Waals surface area contributed by atoms with Crippen LogP contribution in [-0.4, -0.2) is 4.98 Å². The molecule has 0 saturated heterocycles. The molecule has 21 heavy (non-hydrogen) atoms. The molecule has 1 aliphatic rings. The highest BCUT2D eigenvalue weighted by Gasteiger charge is 2.30. The van der Waals surface area contributed by atoms with E-state index in [1.807, 2.05) is 30.3 Å². The van der Waals surface area contributed by atoms with Gasteiger partial charge in [0.15, 0.2) is 0 Å². The number of rotatable bonds is 0. The lowest BCUT2D eigenvalue weighted by atomic mass is 10.0. The van der Waals surface area contributed by atoms with Crippen LogP contribution in [0.1, 0.15) is 0 Å². The fraction of sp³-hybridized carbons (Fsp3) is 0. The molecule has 5 rings (SSSR count). The lowest BCUT2D eigenvalue weighted by Gasteiger charge is -2.07. The minimum absolute atomic E-state index is 0.834. The van der Waals surface area contributed by atoms with Crippen LogP contribution in [0.3, 0.4) is 0 Å². The van der Waals surface area contributed by atoms with Crippen LogP contribution in [0.5, 0.6) is 0 Å². The molecule has 3 aromatic carbocycles. The molecule has 0 saturated carbocycles. The minimum atomic E-state index is 0.834. The molecule has 0 aliphatic heterocycles. The Morgan fingerprint density at radius 1 is 0.810 bits per heavy atom. The van der Waals surface area contributed by atoms with Crippen LogP contribution in [0.15, 0.2) is 60.7 Å². The summed E-state index contributed by atoms with van der Waals surface area (Å²) < 4.78 is 1.52. The first-order valence-corrected chi connectivity index (χ1v) is 6.93. The summed E-state index contributed by atoms with van der Waals surface area (Å²) in [6, 6.07) is 20.3. The Labute approximate surface area is 121 Å². The molecule has 0 spiro atoms. The molecule has 3 nitrogen and oxygen atoms in total. The maximum atomic E-state index is 8.54. The third-order valence-corrected chi connectivity index (χ3v) is 4.22. The minimum Gasteiger partial charge on any atom is -0.448 e. The van der Waals surface area contributed by atoms with Crippen molar-refractivity contribution in [3.05, 3.63) is 66.5 Å². The van der Waals surface area contributed by atoms with Gasteiger partial charge in [-0.2, -0.15) is 0 Å². The van der Waals surface area contributed by atoms with Gasteiger partial charge in [0.2, 0.25) is 11.2 Å². The predicted octanol–water partition coefficient (Wildman–Crippen LogP) is 4.14. The van der Waals surface area contributed by atoms with Crippen molar-refractivity contribution in [3.63, 3.8) is 0 Å². The van der Waals surface area contributed by atoms with Gasteiger partial charge in [-0.1, -0.05) is 42.5 Å². The molecular weight excluding hydrogens is 258 g/mol. The first kappa shape index (κ1) is 10.8. The maximum absolute atomic E-state index is 8.54. The number of fused-ring (bicyclic) bond motifs is 4. The number of benzene rings is 3. The van der Waals surface area contributed by atoms with Crippen molar-refractivity contribution in [2.24, 2.45) is 0 Å². The Kier molecular flexibility index (Phi) is 1.84. The Hall–Kier alpha value is -2.94. The summed E-state index contributed by atoms with van der Waals surface area (Å²) in [5.74, 6) is 8.54. The van der Waals surface area contributed by atoms with Crippen LogP contribution < -0.4 is 4.68 Å². The average molecular weight is 269 g/mol. The topological polar surface area (TPSA) is 40.6 Å². The van der Waals surface area contributed by atoms with Gasteiger partial charge in [0.05, 0.1) is 5.56 Å². The zero-order chi connectivity index (χ0) is 14.0. The summed E-state index contributed by atoms with van der Waals surface area (Å²) in [6.07, 6.45) is 0. The van der Waals surface area contributed by atoms with E-state index in [-0.39, 0.29) is 0 Å². The van der Waals surface area contributed by atoms with Gasteiger partial charge in [0, 0.05) is 17.0 Å². The van der Waals surface area contributed by atoms with Crippen LogP contribution >= 0.6 is 0 Å². The fourth-order valence-electron chi connectivity index (χ4n) is 3.32. The van der Waals surface area contributed by atoms with E-state index in [1.54, 1.807) is 0 Å². The van der Waals surface area contributed by atoms with Crippen molar-refractivity contribution < 1.29 is 4.68 Å². The number of nitrogens with one attached hydrogen (secondary N) is 1. The largest absolute Gasteiger partial charge is 0.448 e. The zero-order valence-corrected chi connectivity index (χ0v) is 11.2. The summed E-state index contributed by atoms with van der Waals surface area (Å²) in [4.78, 5) is 4.82. The highest BCUT2D eigenvalue weighted by Crippen LogP contribution is 2.44. The third kappa shape index (κ3) is 1.23. The Balaban J connectivity index is 2.06. The molecule has 0 amide bonds. The van der Waals surface area contributed by atoms with Crippen molar-refractivity contribution >= 4 is 21.8 Å². The van der Waals surface area contributed by atoms with Gasteiger partial charge in [-0.3, -0.25) is 0 Å². The molecule has 0 radical (unpaired) electrons. The van der Waals surface area contributed by atoms with Gasteiger partial charge in [0.25, 0.3) is 0 Å². The van der Waals surface area contributed by atoms with E-state index >= 15 is 0 Å². The second-order valence-corrected chi connectivity index (χ2v) is 5.34. The Morgan fingerprint density at radius 2 is 1.57 bits per heavy atom. The van der Waals surface area contributed by atoms with Gasteiger partial charge in [-0.05, 0) is 17.5 Å². The van der Waals surface area contributed by atoms with Crippen LogP contribution in [0.4, 0.5) is 0 Å². The monoisotopic (exact) mass is 269 g/mol. The normalized spacial score (nSPS) is 12.0. The van der Waals surface area contributed by atoms with Gasteiger partial charge < -0.3 is 5.84 Å². The molecule has 0 bridgehead atoms. The van der Waals surface area contributed by atoms with Crippen LogP contribution in [0.25, 0.3) is 50.2 Å². The molecule has 1 N–H and O–H groups in total. The van der Waals surface area contributed by atoms with Gasteiger partial charge in [-0.15, -0.1) is 0 Å². The van der Waals surface area contributed by atoms with Crippen molar-refractivity contribution in [2.75, 3.05) is 0 Å². The molecule has 0 unspecified atom stereocenters. The van der Waals surface area contributed by atoms with E-state index in [1.165, 1.54) is 15.4 Å². The van der Waals surface area contributed by atoms with Crippen LogP contribution in [0, 0.1) is 0 Å². The molecule has 3 heteroatoms. The van der Waals surface area contributed by atoms with E-state index in [0.29, 0.717) is 0 Å². The van der Waals surface area contributed by atoms with Crippen LogP contribution in [-0.2, 0) is 0 Å². The number of hydrogen-bond donors (Lipinski definition) is 0. The molecule has 0 atom stereocenters. The maximum Gasteiger partial charge on any atom is 0.235 e. The van der Waals surface area contributed by atoms with E-state index in [2.05, 4.69) is 30.3 Å². The van der Waals surface area contributed by atoms with Crippen molar-refractivity contribution in [2.45, 2.75) is 0 Å². The highest BCUT2D eigenvalue weighted by atomic mass is 15.3. The molecule has 98 valence electrons. The van der Waals surface area contributed by atoms with E-state index in [9.17, 15) is 0 Å². The predicted molar refractivity (Wildman–Crippen MR) is 83.6 cm³/mol. The van der Waals surface area contributed by atoms with Crippen molar-refractivity contribution in [1.29, 1.82) is 0 Å². The van der Waals surface area contributed by atoms with Crippen molar-refractivity contribution in [1.82, 2.24) is 4.98 Å². The number of hydrogen-bond acceptors (Lipinski definition) is 1. The molecule has 1 heterocycles. The van der Waals surface area contributed by atoms with E-state index in [0.717, 1.165) is 33.5 Å². The number of para-hydroxylation sites is 2. The standard InChI is InChI=1S/C18H11N3/c19-21-15-10-2-1-9-14(15)20-17-12-7-3-5-11-6-4-8-13(16(11)12)18(17)21/h1-10,19H. The Bertz CT molecular complexity index is 1050. The third-order valence-electron chi connectivity index (χ3n) is 4.22.